The largest absolute Gasteiger partial charge is 0.388 e. The molecule has 25 heavy (non-hydrogen) atoms. The topological polar surface area (TPSA) is 57.4 Å². The molecule has 1 saturated heterocycles. The van der Waals surface area contributed by atoms with Gasteiger partial charge >= 0.3 is 0 Å². The minimum Gasteiger partial charge on any atom is -0.388 e. The van der Waals surface area contributed by atoms with Gasteiger partial charge in [-0.2, -0.15) is 4.31 Å². The third kappa shape index (κ3) is 2.84. The van der Waals surface area contributed by atoms with E-state index in [0.29, 0.717) is 17.7 Å². The molecule has 0 radical (unpaired) electrons. The fourth-order valence-electron chi connectivity index (χ4n) is 4.86. The van der Waals surface area contributed by atoms with Gasteiger partial charge in [0.25, 0.3) is 0 Å². The lowest BCUT2D eigenvalue weighted by Gasteiger charge is -2.35. The monoisotopic (exact) mass is 365 g/mol. The molecule has 1 aliphatic carbocycles. The Morgan fingerprint density at radius 2 is 1.88 bits per heavy atom. The Labute approximate surface area is 152 Å². The number of unbranched alkanes of at least 4 members (excludes halogenated alkanes) is 1. The van der Waals surface area contributed by atoms with Crippen LogP contribution in [0.1, 0.15) is 64.9 Å². The standard InChI is InChI=1S/C20H31NO3S/c1-5-6-12-19(22)13-7-14-20(15(2)3)18(19)21(20)25(23,24)17-10-8-16(4)9-11-17/h8-11,15,18,22H,5-7,12-14H2,1-4H3/t18-,19-,20-,21?/m1/s1. The third-order valence-corrected chi connectivity index (χ3v) is 8.22. The normalized spacial score (nSPS) is 34.8. The van der Waals surface area contributed by atoms with E-state index >= 15 is 0 Å². The van der Waals surface area contributed by atoms with Gasteiger partial charge in [-0.1, -0.05) is 51.3 Å². The van der Waals surface area contributed by atoms with Crippen LogP contribution >= 0.6 is 0 Å². The number of hydrogen-bond acceptors (Lipinski definition) is 3. The molecule has 0 bridgehead atoms. The molecular weight excluding hydrogens is 334 g/mol. The summed E-state index contributed by atoms with van der Waals surface area (Å²) in [6, 6.07) is 6.77. The summed E-state index contributed by atoms with van der Waals surface area (Å²) in [5.41, 5.74) is -0.277. The van der Waals surface area contributed by atoms with Gasteiger partial charge in [0.1, 0.15) is 0 Å². The van der Waals surface area contributed by atoms with Crippen molar-refractivity contribution in [2.24, 2.45) is 5.92 Å². The molecule has 1 unspecified atom stereocenters. The summed E-state index contributed by atoms with van der Waals surface area (Å²) in [6.45, 7) is 8.23. The fourth-order valence-corrected chi connectivity index (χ4v) is 7.02. The minimum absolute atomic E-state index is 0.186. The lowest BCUT2D eigenvalue weighted by Crippen LogP contribution is -2.44. The van der Waals surface area contributed by atoms with Crippen molar-refractivity contribution in [1.82, 2.24) is 4.31 Å². The summed E-state index contributed by atoms with van der Waals surface area (Å²) in [7, 11) is -3.59. The molecule has 4 nitrogen and oxygen atoms in total. The second kappa shape index (κ2) is 6.36. The smallest absolute Gasteiger partial charge is 0.244 e. The predicted molar refractivity (Wildman–Crippen MR) is 99.9 cm³/mol. The van der Waals surface area contributed by atoms with Gasteiger partial charge in [-0.25, -0.2) is 8.42 Å². The molecule has 1 heterocycles. The zero-order valence-electron chi connectivity index (χ0n) is 15.8. The van der Waals surface area contributed by atoms with E-state index in [0.717, 1.165) is 31.2 Å². The second-order valence-electron chi connectivity index (χ2n) is 8.22. The molecule has 1 aromatic rings. The highest BCUT2D eigenvalue weighted by Gasteiger charge is 2.76. The van der Waals surface area contributed by atoms with Crippen LogP contribution in [-0.4, -0.2) is 35.0 Å². The number of nitrogens with zero attached hydrogens (tertiary/aromatic N) is 1. The van der Waals surface area contributed by atoms with Crippen molar-refractivity contribution in [3.8, 4) is 0 Å². The number of fused-ring (bicyclic) bond motifs is 1. The Hall–Kier alpha value is -0.910. The molecular formula is C20H31NO3S. The van der Waals surface area contributed by atoms with Crippen LogP contribution in [0.4, 0.5) is 0 Å². The molecule has 140 valence electrons. The van der Waals surface area contributed by atoms with Crippen LogP contribution in [0.25, 0.3) is 0 Å². The summed E-state index contributed by atoms with van der Waals surface area (Å²) in [5, 5.41) is 11.3. The van der Waals surface area contributed by atoms with E-state index in [1.165, 1.54) is 0 Å². The Morgan fingerprint density at radius 1 is 1.24 bits per heavy atom. The number of benzene rings is 1. The van der Waals surface area contributed by atoms with Crippen LogP contribution in [0, 0.1) is 12.8 Å². The highest BCUT2D eigenvalue weighted by Crippen LogP contribution is 2.62. The zero-order valence-corrected chi connectivity index (χ0v) is 16.6. The van der Waals surface area contributed by atoms with Crippen molar-refractivity contribution >= 4 is 10.0 Å². The van der Waals surface area contributed by atoms with Crippen molar-refractivity contribution < 1.29 is 13.5 Å². The van der Waals surface area contributed by atoms with E-state index in [2.05, 4.69) is 20.8 Å². The predicted octanol–water partition coefficient (Wildman–Crippen LogP) is 3.87. The molecule has 0 spiro atoms. The molecule has 3 rings (SSSR count). The van der Waals surface area contributed by atoms with Crippen LogP contribution in [0.5, 0.6) is 0 Å². The van der Waals surface area contributed by atoms with Crippen molar-refractivity contribution in [3.05, 3.63) is 29.8 Å². The second-order valence-corrected chi connectivity index (χ2v) is 10.0. The van der Waals surface area contributed by atoms with Crippen LogP contribution in [0.2, 0.25) is 0 Å². The Bertz CT molecular complexity index is 728. The van der Waals surface area contributed by atoms with Gasteiger partial charge in [0, 0.05) is 0 Å². The molecule has 5 heteroatoms. The SMILES string of the molecule is CCCC[C@@]1(O)CCC[C@@]2(C(C)C)[C@@H]1N2S(=O)(=O)c1ccc(C)cc1. The lowest BCUT2D eigenvalue weighted by atomic mass is 9.72. The van der Waals surface area contributed by atoms with Crippen LogP contribution in [0.15, 0.2) is 29.2 Å². The number of rotatable bonds is 6. The molecule has 4 atom stereocenters. The van der Waals surface area contributed by atoms with E-state index in [-0.39, 0.29) is 12.0 Å². The fraction of sp³-hybridized carbons (Fsp3) is 0.700. The average molecular weight is 366 g/mol. The number of sulfonamides is 1. The molecule has 2 fully saturated rings. The molecule has 0 amide bonds. The highest BCUT2D eigenvalue weighted by atomic mass is 32.2. The number of hydrogen-bond donors (Lipinski definition) is 1. The van der Waals surface area contributed by atoms with Gasteiger partial charge in [0.15, 0.2) is 0 Å². The quantitative estimate of drug-likeness (QED) is 0.779. The van der Waals surface area contributed by atoms with Gasteiger partial charge < -0.3 is 5.11 Å². The molecule has 1 aromatic carbocycles. The maximum absolute atomic E-state index is 13.4. The van der Waals surface area contributed by atoms with Crippen molar-refractivity contribution in [3.63, 3.8) is 0 Å². The summed E-state index contributed by atoms with van der Waals surface area (Å²) >= 11 is 0. The van der Waals surface area contributed by atoms with E-state index < -0.39 is 21.2 Å². The zero-order chi connectivity index (χ0) is 18.5. The number of aliphatic hydroxyl groups is 1. The van der Waals surface area contributed by atoms with Gasteiger partial charge in [0.2, 0.25) is 10.0 Å². The molecule has 2 aliphatic rings. The molecule has 0 aromatic heterocycles. The van der Waals surface area contributed by atoms with E-state index in [4.69, 9.17) is 0 Å². The molecule has 1 aliphatic heterocycles. The first-order valence-corrected chi connectivity index (χ1v) is 11.0. The Morgan fingerprint density at radius 3 is 2.44 bits per heavy atom. The highest BCUT2D eigenvalue weighted by molar-refractivity contribution is 7.89. The van der Waals surface area contributed by atoms with Gasteiger partial charge in [-0.05, 0) is 50.7 Å². The van der Waals surface area contributed by atoms with E-state index in [9.17, 15) is 13.5 Å². The maximum atomic E-state index is 13.4. The van der Waals surface area contributed by atoms with Crippen molar-refractivity contribution in [2.75, 3.05) is 0 Å². The number of aryl methyl sites for hydroxylation is 1. The Kier molecular flexibility index (Phi) is 4.80. The van der Waals surface area contributed by atoms with Gasteiger partial charge in [-0.15, -0.1) is 0 Å². The minimum atomic E-state index is -3.59. The Balaban J connectivity index is 2.01. The van der Waals surface area contributed by atoms with Crippen molar-refractivity contribution in [2.45, 2.75) is 88.3 Å². The van der Waals surface area contributed by atoms with Crippen molar-refractivity contribution in [1.29, 1.82) is 0 Å². The van der Waals surface area contributed by atoms with Crippen LogP contribution in [0.3, 0.4) is 0 Å². The van der Waals surface area contributed by atoms with Crippen LogP contribution in [-0.2, 0) is 10.0 Å². The first-order chi connectivity index (χ1) is 11.7. The molecule has 1 N–H and O–H groups in total. The average Bonchev–Trinajstić information content (AvgIpc) is 3.27. The summed E-state index contributed by atoms with van der Waals surface area (Å²) in [4.78, 5) is 0.338. The summed E-state index contributed by atoms with van der Waals surface area (Å²) in [5.74, 6) is 0.186. The summed E-state index contributed by atoms with van der Waals surface area (Å²) < 4.78 is 28.4. The van der Waals surface area contributed by atoms with Gasteiger partial charge in [0.05, 0.1) is 22.1 Å². The molecule has 1 saturated carbocycles. The first kappa shape index (κ1) is 18.9. The maximum Gasteiger partial charge on any atom is 0.244 e. The third-order valence-electron chi connectivity index (χ3n) is 6.29. The lowest BCUT2D eigenvalue weighted by molar-refractivity contribution is -0.00602. The van der Waals surface area contributed by atoms with Gasteiger partial charge in [-0.3, -0.25) is 0 Å². The van der Waals surface area contributed by atoms with E-state index in [1.54, 1.807) is 16.4 Å². The van der Waals surface area contributed by atoms with E-state index in [1.807, 2.05) is 19.1 Å². The van der Waals surface area contributed by atoms with Crippen LogP contribution < -0.4 is 0 Å². The summed E-state index contributed by atoms with van der Waals surface area (Å²) in [6.07, 6.45) is 5.05. The first-order valence-electron chi connectivity index (χ1n) is 9.54.